The number of hydrogen-bond donors (Lipinski definition) is 3. The molecule has 154 valence electrons. The standard InChI is InChI=1S/C21H32N4O3/c1-5-16-8-6-7-9-17(16)23-19(27)18(26)22-14-15-10-12-25(13-11-15)20(28)24-21(2,3)4/h6-9,15H,5,10-14H2,1-4H3,(H,22,26)(H,23,27)(H,24,28). The first kappa shape index (κ1) is 21.7. The Morgan fingerprint density at radius 3 is 2.32 bits per heavy atom. The summed E-state index contributed by atoms with van der Waals surface area (Å²) in [5.41, 5.74) is 1.40. The summed E-state index contributed by atoms with van der Waals surface area (Å²) in [6, 6.07) is 7.40. The number of carbonyl (C=O) groups is 3. The number of benzene rings is 1. The van der Waals surface area contributed by atoms with Crippen LogP contribution in [0.3, 0.4) is 0 Å². The lowest BCUT2D eigenvalue weighted by molar-refractivity contribution is -0.136. The van der Waals surface area contributed by atoms with E-state index < -0.39 is 11.8 Å². The van der Waals surface area contributed by atoms with Gasteiger partial charge in [0.15, 0.2) is 0 Å². The van der Waals surface area contributed by atoms with Crippen LogP contribution < -0.4 is 16.0 Å². The predicted molar refractivity (Wildman–Crippen MR) is 110 cm³/mol. The number of aryl methyl sites for hydroxylation is 1. The smallest absolute Gasteiger partial charge is 0.317 e. The van der Waals surface area contributed by atoms with E-state index in [1.165, 1.54) is 0 Å². The third-order valence-electron chi connectivity index (χ3n) is 4.79. The highest BCUT2D eigenvalue weighted by atomic mass is 16.2. The van der Waals surface area contributed by atoms with Crippen molar-refractivity contribution in [2.24, 2.45) is 5.92 Å². The maximum absolute atomic E-state index is 12.2. The molecule has 1 aromatic rings. The van der Waals surface area contributed by atoms with Gasteiger partial charge < -0.3 is 20.9 Å². The Bertz CT molecular complexity index is 704. The van der Waals surface area contributed by atoms with Gasteiger partial charge in [-0.05, 0) is 57.6 Å². The van der Waals surface area contributed by atoms with Crippen LogP contribution in [0, 0.1) is 5.92 Å². The molecule has 1 aliphatic rings. The number of rotatable bonds is 4. The fraction of sp³-hybridized carbons (Fsp3) is 0.571. The van der Waals surface area contributed by atoms with Gasteiger partial charge in [0.25, 0.3) is 0 Å². The summed E-state index contributed by atoms with van der Waals surface area (Å²) < 4.78 is 0. The Morgan fingerprint density at radius 2 is 1.71 bits per heavy atom. The van der Waals surface area contributed by atoms with Crippen molar-refractivity contribution < 1.29 is 14.4 Å². The SMILES string of the molecule is CCc1ccccc1NC(=O)C(=O)NCC1CCN(C(=O)NC(C)(C)C)CC1. The molecule has 3 N–H and O–H groups in total. The van der Waals surface area contributed by atoms with Gasteiger partial charge in [-0.1, -0.05) is 25.1 Å². The van der Waals surface area contributed by atoms with Crippen LogP contribution in [0.5, 0.6) is 0 Å². The van der Waals surface area contributed by atoms with Crippen molar-refractivity contribution in [3.63, 3.8) is 0 Å². The summed E-state index contributed by atoms with van der Waals surface area (Å²) in [7, 11) is 0. The molecule has 1 heterocycles. The van der Waals surface area contributed by atoms with Gasteiger partial charge in [-0.15, -0.1) is 0 Å². The third kappa shape index (κ3) is 6.55. The van der Waals surface area contributed by atoms with Crippen molar-refractivity contribution in [1.29, 1.82) is 0 Å². The lowest BCUT2D eigenvalue weighted by Crippen LogP contribution is -2.51. The highest BCUT2D eigenvalue weighted by Crippen LogP contribution is 2.18. The van der Waals surface area contributed by atoms with Gasteiger partial charge in [-0.3, -0.25) is 9.59 Å². The lowest BCUT2D eigenvalue weighted by atomic mass is 9.97. The van der Waals surface area contributed by atoms with Crippen molar-refractivity contribution >= 4 is 23.5 Å². The molecule has 0 aliphatic carbocycles. The minimum Gasteiger partial charge on any atom is -0.348 e. The van der Waals surface area contributed by atoms with E-state index in [1.807, 2.05) is 45.9 Å². The summed E-state index contributed by atoms with van der Waals surface area (Å²) in [6.45, 7) is 9.61. The molecule has 7 heteroatoms. The topological polar surface area (TPSA) is 90.5 Å². The number of para-hydroxylation sites is 1. The number of hydrogen-bond acceptors (Lipinski definition) is 3. The average molecular weight is 389 g/mol. The van der Waals surface area contributed by atoms with E-state index in [2.05, 4.69) is 16.0 Å². The fourth-order valence-electron chi connectivity index (χ4n) is 3.19. The molecule has 0 atom stereocenters. The normalized spacial score (nSPS) is 15.1. The maximum atomic E-state index is 12.2. The number of piperidine rings is 1. The van der Waals surface area contributed by atoms with Crippen molar-refractivity contribution in [1.82, 2.24) is 15.5 Å². The zero-order valence-corrected chi connectivity index (χ0v) is 17.3. The molecular formula is C21H32N4O3. The van der Waals surface area contributed by atoms with E-state index in [9.17, 15) is 14.4 Å². The highest BCUT2D eigenvalue weighted by molar-refractivity contribution is 6.39. The Kier molecular flexibility index (Phi) is 7.43. The van der Waals surface area contributed by atoms with E-state index in [-0.39, 0.29) is 17.5 Å². The number of nitrogens with zero attached hydrogens (tertiary/aromatic N) is 1. The molecule has 0 bridgehead atoms. The van der Waals surface area contributed by atoms with Crippen LogP contribution in [-0.4, -0.2) is 47.9 Å². The van der Waals surface area contributed by atoms with Crippen LogP contribution in [0.4, 0.5) is 10.5 Å². The van der Waals surface area contributed by atoms with Gasteiger partial charge in [-0.2, -0.15) is 0 Å². The number of likely N-dealkylation sites (tertiary alicyclic amines) is 1. The molecule has 0 saturated carbocycles. The second kappa shape index (κ2) is 9.57. The van der Waals surface area contributed by atoms with E-state index in [1.54, 1.807) is 11.0 Å². The molecule has 1 aromatic carbocycles. The van der Waals surface area contributed by atoms with E-state index >= 15 is 0 Å². The molecule has 7 nitrogen and oxygen atoms in total. The molecule has 1 fully saturated rings. The third-order valence-corrected chi connectivity index (χ3v) is 4.79. The van der Waals surface area contributed by atoms with E-state index in [4.69, 9.17) is 0 Å². The Labute approximate surface area is 167 Å². The van der Waals surface area contributed by atoms with Crippen molar-refractivity contribution in [2.45, 2.75) is 52.5 Å². The number of urea groups is 1. The first-order chi connectivity index (χ1) is 13.2. The lowest BCUT2D eigenvalue weighted by Gasteiger charge is -2.34. The molecule has 0 radical (unpaired) electrons. The van der Waals surface area contributed by atoms with Crippen LogP contribution in [0.2, 0.25) is 0 Å². The molecule has 28 heavy (non-hydrogen) atoms. The molecule has 0 aromatic heterocycles. The molecule has 1 aliphatic heterocycles. The summed E-state index contributed by atoms with van der Waals surface area (Å²) in [6.07, 6.45) is 2.38. The monoisotopic (exact) mass is 388 g/mol. The molecule has 1 saturated heterocycles. The van der Waals surface area contributed by atoms with E-state index in [0.29, 0.717) is 25.3 Å². The Hall–Kier alpha value is -2.57. The van der Waals surface area contributed by atoms with E-state index in [0.717, 1.165) is 24.8 Å². The van der Waals surface area contributed by atoms with Gasteiger partial charge in [0, 0.05) is 30.9 Å². The molecule has 0 spiro atoms. The summed E-state index contributed by atoms with van der Waals surface area (Å²) in [5, 5.41) is 8.37. The highest BCUT2D eigenvalue weighted by Gasteiger charge is 2.26. The van der Waals surface area contributed by atoms with Crippen molar-refractivity contribution in [3.8, 4) is 0 Å². The van der Waals surface area contributed by atoms with Crippen molar-refractivity contribution in [3.05, 3.63) is 29.8 Å². The summed E-state index contributed by atoms with van der Waals surface area (Å²) in [5.74, 6) is -1.01. The number of carbonyl (C=O) groups excluding carboxylic acids is 3. The number of anilines is 1. The van der Waals surface area contributed by atoms with Gasteiger partial charge in [0.1, 0.15) is 0 Å². The Morgan fingerprint density at radius 1 is 1.07 bits per heavy atom. The largest absolute Gasteiger partial charge is 0.348 e. The average Bonchev–Trinajstić information content (AvgIpc) is 2.65. The van der Waals surface area contributed by atoms with Crippen LogP contribution in [0.1, 0.15) is 46.1 Å². The number of amides is 4. The summed E-state index contributed by atoms with van der Waals surface area (Å²) >= 11 is 0. The van der Waals surface area contributed by atoms with Crippen LogP contribution in [0.15, 0.2) is 24.3 Å². The number of nitrogens with one attached hydrogen (secondary N) is 3. The van der Waals surface area contributed by atoms with Crippen LogP contribution in [0.25, 0.3) is 0 Å². The first-order valence-corrected chi connectivity index (χ1v) is 9.93. The molecule has 2 rings (SSSR count). The molecular weight excluding hydrogens is 356 g/mol. The quantitative estimate of drug-likeness (QED) is 0.692. The molecule has 4 amide bonds. The second-order valence-corrected chi connectivity index (χ2v) is 8.29. The zero-order valence-electron chi connectivity index (χ0n) is 17.3. The predicted octanol–water partition coefficient (Wildman–Crippen LogP) is 2.52. The zero-order chi connectivity index (χ0) is 20.7. The second-order valence-electron chi connectivity index (χ2n) is 8.29. The van der Waals surface area contributed by atoms with Gasteiger partial charge in [-0.25, -0.2) is 4.79 Å². The Balaban J connectivity index is 1.75. The minimum absolute atomic E-state index is 0.0519. The first-order valence-electron chi connectivity index (χ1n) is 9.93. The minimum atomic E-state index is -0.650. The van der Waals surface area contributed by atoms with Gasteiger partial charge in [0.05, 0.1) is 0 Å². The fourth-order valence-corrected chi connectivity index (χ4v) is 3.19. The van der Waals surface area contributed by atoms with Gasteiger partial charge >= 0.3 is 17.8 Å². The van der Waals surface area contributed by atoms with Gasteiger partial charge in [0.2, 0.25) is 0 Å². The molecule has 0 unspecified atom stereocenters. The van der Waals surface area contributed by atoms with Crippen molar-refractivity contribution in [2.75, 3.05) is 25.0 Å². The van der Waals surface area contributed by atoms with Crippen LogP contribution in [-0.2, 0) is 16.0 Å². The summed E-state index contributed by atoms with van der Waals surface area (Å²) in [4.78, 5) is 38.3. The van der Waals surface area contributed by atoms with Crippen LogP contribution >= 0.6 is 0 Å². The maximum Gasteiger partial charge on any atom is 0.317 e.